The van der Waals surface area contributed by atoms with E-state index in [0.29, 0.717) is 17.2 Å². The minimum atomic E-state index is 0.0133. The molecule has 3 N–H and O–H groups in total. The fraction of sp³-hybridized carbons (Fsp3) is 0.143. The Hall–Kier alpha value is -2.76. The summed E-state index contributed by atoms with van der Waals surface area (Å²) >= 11 is 0. The number of para-hydroxylation sites is 1. The molecule has 0 fully saturated rings. The van der Waals surface area contributed by atoms with E-state index in [4.69, 9.17) is 11.1 Å². The average Bonchev–Trinajstić information content (AvgIpc) is 2.76. The van der Waals surface area contributed by atoms with Gasteiger partial charge in [0.05, 0.1) is 5.52 Å². The molecular formula is C14H14N6. The molecule has 6 nitrogen and oxygen atoms in total. The van der Waals surface area contributed by atoms with E-state index >= 15 is 0 Å². The fourth-order valence-electron chi connectivity index (χ4n) is 2.23. The molecule has 0 aliphatic carbocycles. The number of hydrogen-bond acceptors (Lipinski definition) is 4. The largest absolute Gasteiger partial charge is 0.384 e. The quantitative estimate of drug-likeness (QED) is 0.545. The number of aromatic nitrogens is 4. The van der Waals surface area contributed by atoms with Crippen LogP contribution in [0.2, 0.25) is 0 Å². The first-order valence-electron chi connectivity index (χ1n) is 6.21. The Labute approximate surface area is 115 Å². The highest BCUT2D eigenvalue weighted by Gasteiger charge is 2.12. The smallest absolute Gasteiger partial charge is 0.156 e. The Morgan fingerprint density at radius 1 is 1.20 bits per heavy atom. The number of rotatable bonds is 2. The van der Waals surface area contributed by atoms with Gasteiger partial charge in [0.1, 0.15) is 17.5 Å². The lowest BCUT2D eigenvalue weighted by molar-refractivity contribution is 0.808. The average molecular weight is 266 g/mol. The number of pyridine rings is 1. The third kappa shape index (κ3) is 1.91. The van der Waals surface area contributed by atoms with Gasteiger partial charge in [-0.05, 0) is 26.0 Å². The zero-order valence-electron chi connectivity index (χ0n) is 11.3. The maximum Gasteiger partial charge on any atom is 0.156 e. The molecule has 0 bridgehead atoms. The van der Waals surface area contributed by atoms with Crippen LogP contribution in [0.4, 0.5) is 0 Å². The number of amidine groups is 1. The number of benzene rings is 1. The first-order valence-corrected chi connectivity index (χ1v) is 6.21. The van der Waals surface area contributed by atoms with Gasteiger partial charge in [0.15, 0.2) is 5.82 Å². The molecule has 0 radical (unpaired) electrons. The minimum absolute atomic E-state index is 0.0133. The summed E-state index contributed by atoms with van der Waals surface area (Å²) in [5, 5.41) is 12.9. The normalized spacial score (nSPS) is 10.9. The molecule has 0 saturated carbocycles. The summed E-state index contributed by atoms with van der Waals surface area (Å²) < 4.78 is 1.66. The van der Waals surface area contributed by atoms with E-state index in [1.807, 2.05) is 38.1 Å². The van der Waals surface area contributed by atoms with Crippen molar-refractivity contribution in [3.8, 4) is 5.82 Å². The Bertz CT molecular complexity index is 818. The van der Waals surface area contributed by atoms with Gasteiger partial charge in [-0.25, -0.2) is 9.97 Å². The number of nitrogen functional groups attached to an aromatic ring is 1. The number of nitrogens with one attached hydrogen (secondary N) is 1. The second-order valence-corrected chi connectivity index (χ2v) is 4.58. The molecule has 2 heterocycles. The van der Waals surface area contributed by atoms with Crippen LogP contribution in [0.3, 0.4) is 0 Å². The highest BCUT2D eigenvalue weighted by molar-refractivity contribution is 6.07. The number of aryl methyl sites for hydroxylation is 2. The Balaban J connectivity index is 2.32. The van der Waals surface area contributed by atoms with E-state index < -0.39 is 0 Å². The van der Waals surface area contributed by atoms with Crippen LogP contribution in [0.25, 0.3) is 16.7 Å². The maximum atomic E-state index is 7.74. The molecule has 0 amide bonds. The van der Waals surface area contributed by atoms with Crippen LogP contribution in [0.5, 0.6) is 0 Å². The van der Waals surface area contributed by atoms with Crippen molar-refractivity contribution >= 4 is 16.7 Å². The summed E-state index contributed by atoms with van der Waals surface area (Å²) in [5.41, 5.74) is 7.11. The SMILES string of the molecule is Cc1nc(C)n(-c2cc(C(=N)N)c3ccccc3n2)n1. The van der Waals surface area contributed by atoms with Gasteiger partial charge >= 0.3 is 0 Å². The Morgan fingerprint density at radius 3 is 2.60 bits per heavy atom. The highest BCUT2D eigenvalue weighted by Crippen LogP contribution is 2.20. The third-order valence-electron chi connectivity index (χ3n) is 3.08. The Kier molecular flexibility index (Phi) is 2.71. The molecule has 0 spiro atoms. The molecule has 0 aliphatic heterocycles. The summed E-state index contributed by atoms with van der Waals surface area (Å²) in [6.07, 6.45) is 0. The molecule has 1 aromatic carbocycles. The van der Waals surface area contributed by atoms with Crippen molar-refractivity contribution < 1.29 is 0 Å². The second kappa shape index (κ2) is 4.41. The summed E-state index contributed by atoms with van der Waals surface area (Å²) in [7, 11) is 0. The van der Waals surface area contributed by atoms with Crippen molar-refractivity contribution in [2.45, 2.75) is 13.8 Å². The predicted octanol–water partition coefficient (Wildman–Crippen LogP) is 1.72. The maximum absolute atomic E-state index is 7.74. The summed E-state index contributed by atoms with van der Waals surface area (Å²) in [5.74, 6) is 2.06. The highest BCUT2D eigenvalue weighted by atomic mass is 15.4. The molecule has 2 aromatic heterocycles. The lowest BCUT2D eigenvalue weighted by atomic mass is 10.1. The van der Waals surface area contributed by atoms with Crippen LogP contribution < -0.4 is 5.73 Å². The molecule has 0 unspecified atom stereocenters. The van der Waals surface area contributed by atoms with Crippen LogP contribution in [0.15, 0.2) is 30.3 Å². The van der Waals surface area contributed by atoms with Crippen molar-refractivity contribution in [3.63, 3.8) is 0 Å². The molecule has 20 heavy (non-hydrogen) atoms. The fourth-order valence-corrected chi connectivity index (χ4v) is 2.23. The van der Waals surface area contributed by atoms with E-state index in [9.17, 15) is 0 Å². The van der Waals surface area contributed by atoms with Crippen molar-refractivity contribution in [3.05, 3.63) is 47.5 Å². The molecular weight excluding hydrogens is 252 g/mol. The predicted molar refractivity (Wildman–Crippen MR) is 77.2 cm³/mol. The number of fused-ring (bicyclic) bond motifs is 1. The molecule has 3 aromatic rings. The summed E-state index contributed by atoms with van der Waals surface area (Å²) in [6, 6.07) is 9.38. The summed E-state index contributed by atoms with van der Waals surface area (Å²) in [4.78, 5) is 8.84. The van der Waals surface area contributed by atoms with Crippen LogP contribution in [0.1, 0.15) is 17.2 Å². The first-order chi connectivity index (χ1) is 9.56. The van der Waals surface area contributed by atoms with Crippen molar-refractivity contribution in [2.75, 3.05) is 0 Å². The van der Waals surface area contributed by atoms with E-state index in [-0.39, 0.29) is 5.84 Å². The summed E-state index contributed by atoms with van der Waals surface area (Å²) in [6.45, 7) is 3.70. The first kappa shape index (κ1) is 12.3. The van der Waals surface area contributed by atoms with Gasteiger partial charge in [-0.15, -0.1) is 5.10 Å². The molecule has 100 valence electrons. The van der Waals surface area contributed by atoms with Crippen LogP contribution in [-0.4, -0.2) is 25.6 Å². The standard InChI is InChI=1S/C14H14N6/c1-8-17-9(2)20(19-8)13-7-11(14(15)16)10-5-3-4-6-12(10)18-13/h3-7H,1-2H3,(H3,15,16). The van der Waals surface area contributed by atoms with Gasteiger partial charge in [-0.2, -0.15) is 4.68 Å². The lowest BCUT2D eigenvalue weighted by Crippen LogP contribution is -2.14. The van der Waals surface area contributed by atoms with Gasteiger partial charge in [0, 0.05) is 10.9 Å². The van der Waals surface area contributed by atoms with E-state index in [0.717, 1.165) is 16.7 Å². The topological polar surface area (TPSA) is 93.5 Å². The Morgan fingerprint density at radius 2 is 1.95 bits per heavy atom. The number of nitrogens with zero attached hydrogens (tertiary/aromatic N) is 4. The molecule has 0 saturated heterocycles. The van der Waals surface area contributed by atoms with E-state index in [1.165, 1.54) is 0 Å². The lowest BCUT2D eigenvalue weighted by Gasteiger charge is -2.09. The van der Waals surface area contributed by atoms with Crippen molar-refractivity contribution in [1.82, 2.24) is 19.7 Å². The molecule has 0 aliphatic rings. The van der Waals surface area contributed by atoms with Gasteiger partial charge in [-0.3, -0.25) is 5.41 Å². The molecule has 6 heteroatoms. The second-order valence-electron chi connectivity index (χ2n) is 4.58. The van der Waals surface area contributed by atoms with Gasteiger partial charge in [0.25, 0.3) is 0 Å². The van der Waals surface area contributed by atoms with E-state index in [2.05, 4.69) is 15.1 Å². The number of nitrogens with two attached hydrogens (primary N) is 1. The van der Waals surface area contributed by atoms with Gasteiger partial charge < -0.3 is 5.73 Å². The monoisotopic (exact) mass is 266 g/mol. The zero-order valence-corrected chi connectivity index (χ0v) is 11.3. The van der Waals surface area contributed by atoms with E-state index in [1.54, 1.807) is 10.7 Å². The van der Waals surface area contributed by atoms with Crippen LogP contribution in [0, 0.1) is 19.3 Å². The molecule has 3 rings (SSSR count). The zero-order chi connectivity index (χ0) is 14.3. The number of hydrogen-bond donors (Lipinski definition) is 2. The third-order valence-corrected chi connectivity index (χ3v) is 3.08. The van der Waals surface area contributed by atoms with Crippen molar-refractivity contribution in [2.24, 2.45) is 5.73 Å². The van der Waals surface area contributed by atoms with Crippen LogP contribution in [-0.2, 0) is 0 Å². The van der Waals surface area contributed by atoms with Crippen LogP contribution >= 0.6 is 0 Å². The minimum Gasteiger partial charge on any atom is -0.384 e. The van der Waals surface area contributed by atoms with Crippen molar-refractivity contribution in [1.29, 1.82) is 5.41 Å². The molecule has 0 atom stereocenters. The van der Waals surface area contributed by atoms with Gasteiger partial charge in [0.2, 0.25) is 0 Å². The van der Waals surface area contributed by atoms with Gasteiger partial charge in [-0.1, -0.05) is 18.2 Å².